The lowest BCUT2D eigenvalue weighted by molar-refractivity contribution is 0.118. The lowest BCUT2D eigenvalue weighted by atomic mass is 9.89. The van der Waals surface area contributed by atoms with Crippen molar-refractivity contribution in [3.05, 3.63) is 0 Å². The van der Waals surface area contributed by atoms with E-state index in [0.717, 1.165) is 18.0 Å². The van der Waals surface area contributed by atoms with Gasteiger partial charge in [-0.1, -0.05) is 0 Å². The van der Waals surface area contributed by atoms with Crippen molar-refractivity contribution in [2.75, 3.05) is 40.8 Å². The molecule has 3 heteroatoms. The van der Waals surface area contributed by atoms with Crippen molar-refractivity contribution in [2.45, 2.75) is 50.6 Å². The average molecular weight is 253 g/mol. The zero-order chi connectivity index (χ0) is 13.0. The van der Waals surface area contributed by atoms with Gasteiger partial charge in [0.05, 0.1) is 0 Å². The fourth-order valence-electron chi connectivity index (χ4n) is 3.78. The molecule has 2 fully saturated rings. The highest BCUT2D eigenvalue weighted by Gasteiger charge is 2.25. The van der Waals surface area contributed by atoms with Crippen molar-refractivity contribution in [3.63, 3.8) is 0 Å². The Bertz CT molecular complexity index is 236. The highest BCUT2D eigenvalue weighted by molar-refractivity contribution is 4.83. The minimum atomic E-state index is 0.774. The molecule has 1 aliphatic carbocycles. The highest BCUT2D eigenvalue weighted by atomic mass is 15.2. The molecule has 1 N–H and O–H groups in total. The van der Waals surface area contributed by atoms with Gasteiger partial charge in [0.1, 0.15) is 0 Å². The van der Waals surface area contributed by atoms with Crippen molar-refractivity contribution in [1.82, 2.24) is 15.1 Å². The number of rotatable bonds is 4. The molecule has 1 saturated carbocycles. The van der Waals surface area contributed by atoms with Crippen molar-refractivity contribution >= 4 is 0 Å². The first kappa shape index (κ1) is 14.3. The SMILES string of the molecule is CNC1CCC(N(C)CC2CCCN(C)C2)CC1. The summed E-state index contributed by atoms with van der Waals surface area (Å²) in [6.45, 7) is 3.91. The van der Waals surface area contributed by atoms with Gasteiger partial charge in [-0.15, -0.1) is 0 Å². The van der Waals surface area contributed by atoms with Gasteiger partial charge in [-0.2, -0.15) is 0 Å². The number of hydrogen-bond acceptors (Lipinski definition) is 3. The first-order valence-corrected chi connectivity index (χ1v) is 7.75. The predicted octanol–water partition coefficient (Wildman–Crippen LogP) is 1.79. The molecule has 0 bridgehead atoms. The molecule has 0 aromatic rings. The van der Waals surface area contributed by atoms with Gasteiger partial charge >= 0.3 is 0 Å². The zero-order valence-corrected chi connectivity index (χ0v) is 12.5. The maximum atomic E-state index is 3.43. The molecule has 0 radical (unpaired) electrons. The molecule has 0 aromatic carbocycles. The summed E-state index contributed by atoms with van der Waals surface area (Å²) in [6, 6.07) is 1.61. The molecular formula is C15H31N3. The van der Waals surface area contributed by atoms with Crippen LogP contribution < -0.4 is 5.32 Å². The lowest BCUT2D eigenvalue weighted by Gasteiger charge is -2.38. The van der Waals surface area contributed by atoms with Crippen molar-refractivity contribution in [1.29, 1.82) is 0 Å². The topological polar surface area (TPSA) is 18.5 Å². The lowest BCUT2D eigenvalue weighted by Crippen LogP contribution is -2.44. The first-order valence-electron chi connectivity index (χ1n) is 7.75. The van der Waals surface area contributed by atoms with E-state index >= 15 is 0 Å². The Labute approximate surface area is 113 Å². The molecule has 1 atom stereocenters. The van der Waals surface area contributed by atoms with Crippen molar-refractivity contribution < 1.29 is 0 Å². The Balaban J connectivity index is 1.72. The first-order chi connectivity index (χ1) is 8.69. The largest absolute Gasteiger partial charge is 0.317 e. The quantitative estimate of drug-likeness (QED) is 0.824. The molecule has 0 spiro atoms. The Morgan fingerprint density at radius 3 is 2.50 bits per heavy atom. The maximum absolute atomic E-state index is 3.43. The van der Waals surface area contributed by atoms with E-state index in [2.05, 4.69) is 36.3 Å². The second kappa shape index (κ2) is 6.88. The van der Waals surface area contributed by atoms with Gasteiger partial charge in [0.25, 0.3) is 0 Å². The molecule has 0 amide bonds. The Morgan fingerprint density at radius 2 is 1.89 bits per heavy atom. The molecule has 1 unspecified atom stereocenters. The number of hydrogen-bond donors (Lipinski definition) is 1. The number of piperidine rings is 1. The van der Waals surface area contributed by atoms with Crippen LogP contribution in [0.15, 0.2) is 0 Å². The fraction of sp³-hybridized carbons (Fsp3) is 1.00. The molecule has 2 aliphatic rings. The van der Waals surface area contributed by atoms with Gasteiger partial charge in [-0.25, -0.2) is 0 Å². The van der Waals surface area contributed by atoms with Crippen LogP contribution in [0.5, 0.6) is 0 Å². The third kappa shape index (κ3) is 3.94. The highest BCUT2D eigenvalue weighted by Crippen LogP contribution is 2.24. The molecule has 1 saturated heterocycles. The van der Waals surface area contributed by atoms with Crippen LogP contribution in [0.4, 0.5) is 0 Å². The Morgan fingerprint density at radius 1 is 1.17 bits per heavy atom. The molecule has 106 valence electrons. The standard InChI is InChI=1S/C15H31N3/c1-16-14-6-8-15(9-7-14)18(3)12-13-5-4-10-17(2)11-13/h13-16H,4-12H2,1-3H3. The van der Waals surface area contributed by atoms with E-state index in [1.54, 1.807) is 0 Å². The number of nitrogens with one attached hydrogen (secondary N) is 1. The van der Waals surface area contributed by atoms with Crippen LogP contribution in [0.1, 0.15) is 38.5 Å². The normalized spacial score (nSPS) is 35.0. The van der Waals surface area contributed by atoms with Crippen LogP contribution in [-0.4, -0.2) is 62.7 Å². The second-order valence-electron chi connectivity index (χ2n) is 6.50. The van der Waals surface area contributed by atoms with Crippen LogP contribution in [-0.2, 0) is 0 Å². The van der Waals surface area contributed by atoms with Crippen LogP contribution >= 0.6 is 0 Å². The van der Waals surface area contributed by atoms with Crippen molar-refractivity contribution in [3.8, 4) is 0 Å². The van der Waals surface area contributed by atoms with E-state index in [4.69, 9.17) is 0 Å². The number of likely N-dealkylation sites (tertiary alicyclic amines) is 1. The van der Waals surface area contributed by atoms with Gasteiger partial charge in [0, 0.05) is 25.2 Å². The van der Waals surface area contributed by atoms with E-state index in [0.29, 0.717) is 0 Å². The van der Waals surface area contributed by atoms with Gasteiger partial charge in [0.2, 0.25) is 0 Å². The van der Waals surface area contributed by atoms with Crippen LogP contribution in [0.2, 0.25) is 0 Å². The fourth-order valence-corrected chi connectivity index (χ4v) is 3.78. The van der Waals surface area contributed by atoms with Gasteiger partial charge in [-0.3, -0.25) is 0 Å². The van der Waals surface area contributed by atoms with E-state index in [1.807, 2.05) is 0 Å². The third-order valence-corrected chi connectivity index (χ3v) is 5.00. The zero-order valence-electron chi connectivity index (χ0n) is 12.5. The Kier molecular flexibility index (Phi) is 5.46. The predicted molar refractivity (Wildman–Crippen MR) is 78.0 cm³/mol. The summed E-state index contributed by atoms with van der Waals surface area (Å²) in [7, 11) is 6.72. The summed E-state index contributed by atoms with van der Waals surface area (Å²) in [6.07, 6.45) is 8.29. The molecule has 0 aromatic heterocycles. The van der Waals surface area contributed by atoms with Gasteiger partial charge in [-0.05, 0) is 72.1 Å². The van der Waals surface area contributed by atoms with Gasteiger partial charge < -0.3 is 15.1 Å². The van der Waals surface area contributed by atoms with Crippen LogP contribution in [0, 0.1) is 5.92 Å². The summed E-state index contributed by atoms with van der Waals surface area (Å²) in [4.78, 5) is 5.15. The molecule has 1 heterocycles. The summed E-state index contributed by atoms with van der Waals surface area (Å²) < 4.78 is 0. The number of nitrogens with zero attached hydrogens (tertiary/aromatic N) is 2. The van der Waals surface area contributed by atoms with Crippen LogP contribution in [0.25, 0.3) is 0 Å². The van der Waals surface area contributed by atoms with Crippen molar-refractivity contribution in [2.24, 2.45) is 5.92 Å². The van der Waals surface area contributed by atoms with E-state index < -0.39 is 0 Å². The summed E-state index contributed by atoms with van der Waals surface area (Å²) >= 11 is 0. The second-order valence-corrected chi connectivity index (χ2v) is 6.50. The molecule has 18 heavy (non-hydrogen) atoms. The Hall–Kier alpha value is -0.120. The summed E-state index contributed by atoms with van der Waals surface area (Å²) in [5.74, 6) is 0.899. The maximum Gasteiger partial charge on any atom is 0.00934 e. The van der Waals surface area contributed by atoms with E-state index in [1.165, 1.54) is 58.2 Å². The monoisotopic (exact) mass is 253 g/mol. The minimum absolute atomic E-state index is 0.774. The third-order valence-electron chi connectivity index (χ3n) is 5.00. The molecular weight excluding hydrogens is 222 g/mol. The molecule has 2 rings (SSSR count). The molecule has 3 nitrogen and oxygen atoms in total. The van der Waals surface area contributed by atoms with E-state index in [9.17, 15) is 0 Å². The van der Waals surface area contributed by atoms with E-state index in [-0.39, 0.29) is 0 Å². The summed E-state index contributed by atoms with van der Waals surface area (Å²) in [5, 5.41) is 3.43. The minimum Gasteiger partial charge on any atom is -0.317 e. The summed E-state index contributed by atoms with van der Waals surface area (Å²) in [5.41, 5.74) is 0. The van der Waals surface area contributed by atoms with Crippen LogP contribution in [0.3, 0.4) is 0 Å². The molecule has 1 aliphatic heterocycles. The van der Waals surface area contributed by atoms with Gasteiger partial charge in [0.15, 0.2) is 0 Å². The smallest absolute Gasteiger partial charge is 0.00934 e. The average Bonchev–Trinajstić information content (AvgIpc) is 2.39.